The van der Waals surface area contributed by atoms with Crippen LogP contribution < -0.4 is 5.73 Å². The fraction of sp³-hybridized carbons (Fsp3) is 0.929. The van der Waals surface area contributed by atoms with Gasteiger partial charge in [-0.1, -0.05) is 19.3 Å². The molecule has 1 aliphatic heterocycles. The molecular weight excluding hydrogens is 312 g/mol. The molecule has 124 valence electrons. The molecule has 0 spiro atoms. The third-order valence-electron chi connectivity index (χ3n) is 4.86. The van der Waals surface area contributed by atoms with Crippen LogP contribution in [0.4, 0.5) is 0 Å². The lowest BCUT2D eigenvalue weighted by molar-refractivity contribution is -0.135. The Hall–Kier alpha value is -0.330. The molecule has 1 saturated carbocycles. The van der Waals surface area contributed by atoms with Gasteiger partial charge in [0.1, 0.15) is 0 Å². The van der Waals surface area contributed by atoms with Gasteiger partial charge in [-0.25, -0.2) is 8.42 Å². The summed E-state index contributed by atoms with van der Waals surface area (Å²) < 4.78 is 23.2. The summed E-state index contributed by atoms with van der Waals surface area (Å²) in [6, 6.07) is -0.209. The van der Waals surface area contributed by atoms with Gasteiger partial charge < -0.3 is 10.6 Å². The average Bonchev–Trinajstić information content (AvgIpc) is 2.38. The van der Waals surface area contributed by atoms with E-state index in [0.717, 1.165) is 25.7 Å². The van der Waals surface area contributed by atoms with Crippen molar-refractivity contribution >= 4 is 28.2 Å². The van der Waals surface area contributed by atoms with Crippen LogP contribution in [0.25, 0.3) is 0 Å². The lowest BCUT2D eigenvalue weighted by Crippen LogP contribution is -2.51. The summed E-state index contributed by atoms with van der Waals surface area (Å²) in [7, 11) is -2.97. The summed E-state index contributed by atoms with van der Waals surface area (Å²) >= 11 is 0. The third kappa shape index (κ3) is 4.57. The molecule has 7 heteroatoms. The zero-order valence-electron chi connectivity index (χ0n) is 12.7. The highest BCUT2D eigenvalue weighted by atomic mass is 35.5. The van der Waals surface area contributed by atoms with Crippen molar-refractivity contribution in [3.63, 3.8) is 0 Å². The van der Waals surface area contributed by atoms with Crippen molar-refractivity contribution in [2.45, 2.75) is 51.5 Å². The first-order valence-corrected chi connectivity index (χ1v) is 9.40. The van der Waals surface area contributed by atoms with Crippen molar-refractivity contribution in [2.75, 3.05) is 24.6 Å². The smallest absolute Gasteiger partial charge is 0.223 e. The van der Waals surface area contributed by atoms with E-state index in [9.17, 15) is 13.2 Å². The van der Waals surface area contributed by atoms with E-state index in [1.54, 1.807) is 4.90 Å². The highest BCUT2D eigenvalue weighted by Gasteiger charge is 2.37. The average molecular weight is 339 g/mol. The number of carbonyl (C=O) groups excluding carboxylic acids is 1. The van der Waals surface area contributed by atoms with Crippen molar-refractivity contribution in [1.82, 2.24) is 4.90 Å². The van der Waals surface area contributed by atoms with Gasteiger partial charge in [0.2, 0.25) is 5.91 Å². The summed E-state index contributed by atoms with van der Waals surface area (Å²) in [5, 5.41) is 0. The lowest BCUT2D eigenvalue weighted by atomic mass is 9.71. The van der Waals surface area contributed by atoms with E-state index in [4.69, 9.17) is 5.73 Å². The predicted molar refractivity (Wildman–Crippen MR) is 86.3 cm³/mol. The van der Waals surface area contributed by atoms with Crippen LogP contribution in [0.5, 0.6) is 0 Å². The Morgan fingerprint density at radius 1 is 1.29 bits per heavy atom. The van der Waals surface area contributed by atoms with Gasteiger partial charge in [0.05, 0.1) is 11.5 Å². The van der Waals surface area contributed by atoms with Crippen LogP contribution in [-0.4, -0.2) is 49.9 Å². The Morgan fingerprint density at radius 2 is 1.90 bits per heavy atom. The van der Waals surface area contributed by atoms with Gasteiger partial charge in [0.15, 0.2) is 9.84 Å². The number of carbonyl (C=O) groups is 1. The lowest BCUT2D eigenvalue weighted by Gasteiger charge is -2.39. The molecular formula is C14H27ClN2O3S. The number of rotatable bonds is 3. The number of hydrogen-bond acceptors (Lipinski definition) is 4. The molecule has 2 aliphatic rings. The van der Waals surface area contributed by atoms with Crippen molar-refractivity contribution in [3.05, 3.63) is 0 Å². The molecule has 1 unspecified atom stereocenters. The van der Waals surface area contributed by atoms with Crippen LogP contribution in [0.2, 0.25) is 0 Å². The molecule has 0 radical (unpaired) electrons. The predicted octanol–water partition coefficient (Wildman–Crippen LogP) is 1.35. The first kappa shape index (κ1) is 18.7. The van der Waals surface area contributed by atoms with Crippen molar-refractivity contribution in [2.24, 2.45) is 11.1 Å². The number of nitrogens with two attached hydrogens (primary N) is 1. The standard InChI is InChI=1S/C14H26N2O3S.ClH/c1-12-10-20(18,19)8-7-16(12)13(17)9-14(11-15)5-3-2-4-6-14;/h12H,2-11,15H2,1H3;1H. The van der Waals surface area contributed by atoms with Crippen molar-refractivity contribution in [1.29, 1.82) is 0 Å². The summed E-state index contributed by atoms with van der Waals surface area (Å²) in [4.78, 5) is 14.3. The van der Waals surface area contributed by atoms with Crippen molar-refractivity contribution in [3.8, 4) is 0 Å². The first-order valence-electron chi connectivity index (χ1n) is 7.57. The first-order chi connectivity index (χ1) is 9.37. The minimum absolute atomic E-state index is 0. The van der Waals surface area contributed by atoms with Gasteiger partial charge in [-0.2, -0.15) is 0 Å². The molecule has 1 saturated heterocycles. The molecule has 5 nitrogen and oxygen atoms in total. The van der Waals surface area contributed by atoms with Crippen LogP contribution in [0.3, 0.4) is 0 Å². The van der Waals surface area contributed by atoms with E-state index in [2.05, 4.69) is 0 Å². The van der Waals surface area contributed by atoms with Gasteiger partial charge in [-0.15, -0.1) is 12.4 Å². The zero-order chi connectivity index (χ0) is 14.8. The summed E-state index contributed by atoms with van der Waals surface area (Å²) in [5.74, 6) is 0.271. The summed E-state index contributed by atoms with van der Waals surface area (Å²) in [5.41, 5.74) is 5.88. The van der Waals surface area contributed by atoms with Crippen LogP contribution in [0, 0.1) is 5.41 Å². The molecule has 1 amide bonds. The number of sulfone groups is 1. The van der Waals surface area contributed by atoms with E-state index in [1.807, 2.05) is 6.92 Å². The second-order valence-corrected chi connectivity index (χ2v) is 8.72. The van der Waals surface area contributed by atoms with E-state index in [0.29, 0.717) is 19.5 Å². The van der Waals surface area contributed by atoms with E-state index >= 15 is 0 Å². The van der Waals surface area contributed by atoms with Gasteiger partial charge in [0.25, 0.3) is 0 Å². The van der Waals surface area contributed by atoms with Crippen LogP contribution in [0.1, 0.15) is 45.4 Å². The number of halogens is 1. The second kappa shape index (κ2) is 7.29. The second-order valence-electron chi connectivity index (χ2n) is 6.49. The van der Waals surface area contributed by atoms with Gasteiger partial charge in [-0.05, 0) is 31.7 Å². The maximum atomic E-state index is 12.5. The maximum Gasteiger partial charge on any atom is 0.223 e. The molecule has 2 N–H and O–H groups in total. The Bertz CT molecular complexity index is 461. The molecule has 2 rings (SSSR count). The number of nitrogens with zero attached hydrogens (tertiary/aromatic N) is 1. The monoisotopic (exact) mass is 338 g/mol. The topological polar surface area (TPSA) is 80.5 Å². The Morgan fingerprint density at radius 3 is 2.43 bits per heavy atom. The molecule has 1 atom stereocenters. The SMILES string of the molecule is CC1CS(=O)(=O)CCN1C(=O)CC1(CN)CCCCC1.Cl. The van der Waals surface area contributed by atoms with Gasteiger partial charge in [-0.3, -0.25) is 4.79 Å². The third-order valence-corrected chi connectivity index (χ3v) is 6.66. The Labute approximate surface area is 134 Å². The van der Waals surface area contributed by atoms with Crippen LogP contribution in [0.15, 0.2) is 0 Å². The molecule has 1 heterocycles. The zero-order valence-corrected chi connectivity index (χ0v) is 14.3. The molecule has 1 aliphatic carbocycles. The van der Waals surface area contributed by atoms with Gasteiger partial charge in [0, 0.05) is 19.0 Å². The Balaban J connectivity index is 0.00000220. The quantitative estimate of drug-likeness (QED) is 0.842. The maximum absolute atomic E-state index is 12.5. The molecule has 2 fully saturated rings. The largest absolute Gasteiger partial charge is 0.338 e. The highest BCUT2D eigenvalue weighted by molar-refractivity contribution is 7.91. The van der Waals surface area contributed by atoms with Crippen molar-refractivity contribution < 1.29 is 13.2 Å². The molecule has 0 aromatic carbocycles. The highest BCUT2D eigenvalue weighted by Crippen LogP contribution is 2.39. The normalized spacial score (nSPS) is 27.7. The Kier molecular flexibility index (Phi) is 6.50. The van der Waals surface area contributed by atoms with Crippen LogP contribution >= 0.6 is 12.4 Å². The van der Waals surface area contributed by atoms with E-state index in [1.165, 1.54) is 6.42 Å². The minimum atomic E-state index is -2.97. The molecule has 0 aromatic rings. The minimum Gasteiger partial charge on any atom is -0.338 e. The van der Waals surface area contributed by atoms with E-state index in [-0.39, 0.29) is 41.3 Å². The fourth-order valence-corrected chi connectivity index (χ4v) is 5.10. The van der Waals surface area contributed by atoms with E-state index < -0.39 is 9.84 Å². The molecule has 0 bridgehead atoms. The summed E-state index contributed by atoms with van der Waals surface area (Å²) in [6.07, 6.45) is 6.05. The van der Waals surface area contributed by atoms with Gasteiger partial charge >= 0.3 is 0 Å². The number of hydrogen-bond donors (Lipinski definition) is 1. The molecule has 21 heavy (non-hydrogen) atoms. The number of amides is 1. The summed E-state index contributed by atoms with van der Waals surface area (Å²) in [6.45, 7) is 2.72. The fourth-order valence-electron chi connectivity index (χ4n) is 3.55. The molecule has 0 aromatic heterocycles. The van der Waals surface area contributed by atoms with Crippen LogP contribution in [-0.2, 0) is 14.6 Å².